The van der Waals surface area contributed by atoms with Gasteiger partial charge in [0.15, 0.2) is 0 Å². The molecule has 0 bridgehead atoms. The molecule has 0 aromatic heterocycles. The molecule has 160 valence electrons. The van der Waals surface area contributed by atoms with Crippen LogP contribution in [0.3, 0.4) is 0 Å². The van der Waals surface area contributed by atoms with Gasteiger partial charge in [-0.2, -0.15) is 0 Å². The van der Waals surface area contributed by atoms with Crippen LogP contribution < -0.4 is 5.32 Å². The number of nitrogens with one attached hydrogen (secondary N) is 1. The molecule has 29 heavy (non-hydrogen) atoms. The molecule has 3 rings (SSSR count). The number of hydrogen-bond acceptors (Lipinski definition) is 4. The van der Waals surface area contributed by atoms with Crippen molar-refractivity contribution in [2.75, 3.05) is 58.9 Å². The Morgan fingerprint density at radius 2 is 1.62 bits per heavy atom. The van der Waals surface area contributed by atoms with Gasteiger partial charge in [0.1, 0.15) is 0 Å². The van der Waals surface area contributed by atoms with Gasteiger partial charge in [-0.05, 0) is 43.9 Å². The van der Waals surface area contributed by atoms with Crippen LogP contribution in [0.2, 0.25) is 0 Å². The molecule has 2 aliphatic rings. The van der Waals surface area contributed by atoms with Crippen LogP contribution in [0.25, 0.3) is 0 Å². The summed E-state index contributed by atoms with van der Waals surface area (Å²) in [7, 11) is 0. The van der Waals surface area contributed by atoms with Crippen LogP contribution in [0.5, 0.6) is 0 Å². The third kappa shape index (κ3) is 6.82. The van der Waals surface area contributed by atoms with Gasteiger partial charge in [0.2, 0.25) is 5.91 Å². The minimum atomic E-state index is 0.126. The first-order valence-electron chi connectivity index (χ1n) is 11.2. The van der Waals surface area contributed by atoms with E-state index in [0.717, 1.165) is 83.7 Å². The van der Waals surface area contributed by atoms with E-state index in [-0.39, 0.29) is 11.8 Å². The van der Waals surface area contributed by atoms with Crippen molar-refractivity contribution in [3.05, 3.63) is 35.9 Å². The highest BCUT2D eigenvalue weighted by Gasteiger charge is 2.24. The number of likely N-dealkylation sites (N-methyl/N-ethyl adjacent to an activating group) is 1. The first-order chi connectivity index (χ1) is 14.2. The Kier molecular flexibility index (Phi) is 8.50. The average Bonchev–Trinajstić information content (AvgIpc) is 2.78. The van der Waals surface area contributed by atoms with Crippen LogP contribution in [0.4, 0.5) is 0 Å². The molecule has 2 aliphatic heterocycles. The molecule has 0 atom stereocenters. The lowest BCUT2D eigenvalue weighted by molar-refractivity contribution is -0.121. The van der Waals surface area contributed by atoms with E-state index in [1.165, 1.54) is 0 Å². The smallest absolute Gasteiger partial charge is 0.253 e. The van der Waals surface area contributed by atoms with Gasteiger partial charge in [0.25, 0.3) is 5.91 Å². The van der Waals surface area contributed by atoms with E-state index < -0.39 is 0 Å². The third-order valence-corrected chi connectivity index (χ3v) is 6.36. The highest BCUT2D eigenvalue weighted by Crippen LogP contribution is 2.23. The van der Waals surface area contributed by atoms with Crippen LogP contribution in [-0.4, -0.2) is 85.4 Å². The van der Waals surface area contributed by atoms with E-state index in [0.29, 0.717) is 12.3 Å². The molecule has 0 unspecified atom stereocenters. The van der Waals surface area contributed by atoms with Gasteiger partial charge in [0, 0.05) is 64.3 Å². The molecular weight excluding hydrogens is 364 g/mol. The number of nitrogens with zero attached hydrogens (tertiary/aromatic N) is 3. The summed E-state index contributed by atoms with van der Waals surface area (Å²) in [5.41, 5.74) is 0.765. The number of carbonyl (C=O) groups excluding carboxylic acids is 2. The molecule has 0 radical (unpaired) electrons. The Hall–Kier alpha value is -1.92. The fourth-order valence-corrected chi connectivity index (χ4v) is 4.29. The average molecular weight is 401 g/mol. The van der Waals surface area contributed by atoms with Crippen LogP contribution in [0, 0.1) is 5.92 Å². The summed E-state index contributed by atoms with van der Waals surface area (Å²) in [5, 5.41) is 3.08. The van der Waals surface area contributed by atoms with Crippen LogP contribution in [0.15, 0.2) is 30.3 Å². The summed E-state index contributed by atoms with van der Waals surface area (Å²) in [6.07, 6.45) is 3.51. The van der Waals surface area contributed by atoms with E-state index in [4.69, 9.17) is 0 Å². The molecule has 2 saturated heterocycles. The molecule has 1 aromatic rings. The van der Waals surface area contributed by atoms with Gasteiger partial charge in [-0.1, -0.05) is 25.1 Å². The Bertz CT molecular complexity index is 636. The summed E-state index contributed by atoms with van der Waals surface area (Å²) in [5.74, 6) is 0.837. The van der Waals surface area contributed by atoms with Gasteiger partial charge < -0.3 is 15.1 Å². The van der Waals surface area contributed by atoms with Crippen LogP contribution >= 0.6 is 0 Å². The number of likely N-dealkylation sites (tertiary alicyclic amines) is 1. The molecule has 0 aliphatic carbocycles. The van der Waals surface area contributed by atoms with Crippen molar-refractivity contribution >= 4 is 11.8 Å². The lowest BCUT2D eigenvalue weighted by Gasteiger charge is -2.34. The quantitative estimate of drug-likeness (QED) is 0.726. The summed E-state index contributed by atoms with van der Waals surface area (Å²) in [4.78, 5) is 31.5. The van der Waals surface area contributed by atoms with Crippen molar-refractivity contribution in [1.82, 2.24) is 20.0 Å². The van der Waals surface area contributed by atoms with E-state index >= 15 is 0 Å². The molecule has 2 fully saturated rings. The lowest BCUT2D eigenvalue weighted by Crippen LogP contribution is -2.48. The molecule has 0 spiro atoms. The van der Waals surface area contributed by atoms with Crippen molar-refractivity contribution in [1.29, 1.82) is 0 Å². The molecule has 6 heteroatoms. The first-order valence-corrected chi connectivity index (χ1v) is 11.2. The van der Waals surface area contributed by atoms with Gasteiger partial charge in [0.05, 0.1) is 0 Å². The molecular formula is C23H36N4O2. The second-order valence-electron chi connectivity index (χ2n) is 8.27. The Labute approximate surface area is 175 Å². The monoisotopic (exact) mass is 400 g/mol. The molecule has 2 amide bonds. The van der Waals surface area contributed by atoms with Gasteiger partial charge >= 0.3 is 0 Å². The summed E-state index contributed by atoms with van der Waals surface area (Å²) in [6.45, 7) is 11.1. The number of amides is 2. The van der Waals surface area contributed by atoms with E-state index in [2.05, 4.69) is 22.0 Å². The number of hydrogen-bond donors (Lipinski definition) is 1. The van der Waals surface area contributed by atoms with Crippen LogP contribution in [-0.2, 0) is 4.79 Å². The number of rotatable bonds is 8. The normalized spacial score (nSPS) is 19.3. The van der Waals surface area contributed by atoms with E-state index in [1.54, 1.807) is 0 Å². The van der Waals surface area contributed by atoms with Crippen molar-refractivity contribution < 1.29 is 9.59 Å². The van der Waals surface area contributed by atoms with Crippen molar-refractivity contribution in [2.24, 2.45) is 5.92 Å². The highest BCUT2D eigenvalue weighted by atomic mass is 16.2. The summed E-state index contributed by atoms with van der Waals surface area (Å²) < 4.78 is 0. The topological polar surface area (TPSA) is 55.9 Å². The predicted octanol–water partition coefficient (Wildman–Crippen LogP) is 2.07. The summed E-state index contributed by atoms with van der Waals surface area (Å²) >= 11 is 0. The number of benzene rings is 1. The van der Waals surface area contributed by atoms with E-state index in [9.17, 15) is 9.59 Å². The Morgan fingerprint density at radius 3 is 2.28 bits per heavy atom. The second-order valence-corrected chi connectivity index (χ2v) is 8.27. The van der Waals surface area contributed by atoms with Crippen molar-refractivity contribution in [2.45, 2.75) is 32.6 Å². The standard InChI is InChI=1S/C23H36N4O2/c1-2-25-16-18-26(19-17-25)15-12-24-22(28)9-8-20-10-13-27(14-11-20)23(29)21-6-4-3-5-7-21/h3-7,20H,2,8-19H2,1H3,(H,24,28). The van der Waals surface area contributed by atoms with Crippen LogP contribution in [0.1, 0.15) is 43.0 Å². The molecule has 1 aromatic carbocycles. The fourth-order valence-electron chi connectivity index (χ4n) is 4.29. The van der Waals surface area contributed by atoms with Gasteiger partial charge in [-0.15, -0.1) is 0 Å². The Morgan fingerprint density at radius 1 is 0.966 bits per heavy atom. The minimum absolute atomic E-state index is 0.126. The highest BCUT2D eigenvalue weighted by molar-refractivity contribution is 5.94. The summed E-state index contributed by atoms with van der Waals surface area (Å²) in [6, 6.07) is 9.50. The van der Waals surface area contributed by atoms with Gasteiger partial charge in [-0.25, -0.2) is 0 Å². The lowest BCUT2D eigenvalue weighted by atomic mass is 9.91. The predicted molar refractivity (Wildman–Crippen MR) is 116 cm³/mol. The zero-order chi connectivity index (χ0) is 20.5. The molecule has 6 nitrogen and oxygen atoms in total. The molecule has 1 N–H and O–H groups in total. The van der Waals surface area contributed by atoms with Crippen molar-refractivity contribution in [3.8, 4) is 0 Å². The fraction of sp³-hybridized carbons (Fsp3) is 0.652. The number of carbonyl (C=O) groups is 2. The maximum absolute atomic E-state index is 12.5. The molecule has 2 heterocycles. The first kappa shape index (κ1) is 21.8. The Balaban J connectivity index is 1.26. The number of piperazine rings is 1. The van der Waals surface area contributed by atoms with Crippen molar-refractivity contribution in [3.63, 3.8) is 0 Å². The second kappa shape index (κ2) is 11.3. The minimum Gasteiger partial charge on any atom is -0.355 e. The maximum Gasteiger partial charge on any atom is 0.253 e. The zero-order valence-electron chi connectivity index (χ0n) is 17.8. The zero-order valence-corrected chi connectivity index (χ0v) is 17.8. The largest absolute Gasteiger partial charge is 0.355 e. The third-order valence-electron chi connectivity index (χ3n) is 6.36. The maximum atomic E-state index is 12.5. The molecule has 0 saturated carbocycles. The number of piperidine rings is 1. The van der Waals surface area contributed by atoms with E-state index in [1.807, 2.05) is 35.2 Å². The SMILES string of the molecule is CCN1CCN(CCNC(=O)CCC2CCN(C(=O)c3ccccc3)CC2)CC1. The van der Waals surface area contributed by atoms with Gasteiger partial charge in [-0.3, -0.25) is 14.5 Å².